The van der Waals surface area contributed by atoms with Gasteiger partial charge in [0.05, 0.1) is 1.37 Å². The molecule has 0 amide bonds. The highest BCUT2D eigenvalue weighted by Gasteiger charge is 2.14. The Morgan fingerprint density at radius 2 is 1.71 bits per heavy atom. The summed E-state index contributed by atoms with van der Waals surface area (Å²) in [6.45, 7) is 0. The summed E-state index contributed by atoms with van der Waals surface area (Å²) in [7, 11) is 0. The minimum atomic E-state index is -0.453. The lowest BCUT2D eigenvalue weighted by molar-refractivity contribution is 0.460. The Balaban J connectivity index is 2.19. The first-order valence-corrected chi connectivity index (χ1v) is 4.55. The number of benzene rings is 2. The summed E-state index contributed by atoms with van der Waals surface area (Å²) in [6, 6.07) is 13.1. The second-order valence-corrected chi connectivity index (χ2v) is 3.25. The average Bonchev–Trinajstić information content (AvgIpc) is 2.31. The van der Waals surface area contributed by atoms with Crippen molar-refractivity contribution in [1.29, 1.82) is 0 Å². The predicted molar refractivity (Wildman–Crippen MR) is 55.8 cm³/mol. The number of rotatable bonds is 0. The Kier molecular flexibility index (Phi) is 1.20. The van der Waals surface area contributed by atoms with Crippen LogP contribution in [0, 0.1) is 0 Å². The molecule has 0 saturated carbocycles. The van der Waals surface area contributed by atoms with E-state index in [1.807, 2.05) is 24.3 Å². The van der Waals surface area contributed by atoms with Crippen molar-refractivity contribution in [2.75, 3.05) is 0 Å². The van der Waals surface area contributed by atoms with Gasteiger partial charge in [0.2, 0.25) is 0 Å². The molecule has 1 atom stereocenters. The van der Waals surface area contributed by atoms with Crippen LogP contribution in [0.15, 0.2) is 48.5 Å². The summed E-state index contributed by atoms with van der Waals surface area (Å²) < 4.78 is 21.4. The SMILES string of the molecule is [2H]c1ccc2c(c1)C([2H])c1ccccc1O2. The summed E-state index contributed by atoms with van der Waals surface area (Å²) in [5.74, 6) is 1.43. The maximum atomic E-state index is 8.17. The highest BCUT2D eigenvalue weighted by Crippen LogP contribution is 2.35. The highest BCUT2D eigenvalue weighted by molar-refractivity contribution is 5.49. The Hall–Kier alpha value is -1.76. The van der Waals surface area contributed by atoms with Crippen LogP contribution in [0.2, 0.25) is 0 Å². The molecule has 0 N–H and O–H groups in total. The molecule has 1 heterocycles. The first-order valence-electron chi connectivity index (χ1n) is 5.63. The summed E-state index contributed by atoms with van der Waals surface area (Å²) in [4.78, 5) is 0. The molecule has 2 aromatic rings. The monoisotopic (exact) mass is 184 g/mol. The van der Waals surface area contributed by atoms with Crippen molar-refractivity contribution in [2.24, 2.45) is 0 Å². The quantitative estimate of drug-likeness (QED) is 0.609. The van der Waals surface area contributed by atoms with E-state index in [4.69, 9.17) is 7.48 Å². The fourth-order valence-electron chi connectivity index (χ4n) is 1.61. The van der Waals surface area contributed by atoms with Crippen LogP contribution in [0.5, 0.6) is 11.5 Å². The lowest BCUT2D eigenvalue weighted by Gasteiger charge is -2.19. The third kappa shape index (κ3) is 1.10. The molecular formula is C13H10O. The van der Waals surface area contributed by atoms with Gasteiger partial charge in [0.25, 0.3) is 0 Å². The van der Waals surface area contributed by atoms with Gasteiger partial charge in [-0.3, -0.25) is 0 Å². The second-order valence-electron chi connectivity index (χ2n) is 3.25. The fourth-order valence-corrected chi connectivity index (χ4v) is 1.61. The molecule has 0 radical (unpaired) electrons. The number of fused-ring (bicyclic) bond motifs is 2. The van der Waals surface area contributed by atoms with E-state index < -0.39 is 6.40 Å². The van der Waals surface area contributed by atoms with Gasteiger partial charge in [-0.05, 0) is 23.3 Å². The number of ether oxygens (including phenoxy) is 1. The van der Waals surface area contributed by atoms with E-state index in [0.717, 1.165) is 16.9 Å². The van der Waals surface area contributed by atoms with Crippen molar-refractivity contribution in [3.8, 4) is 11.5 Å². The molecule has 0 aromatic heterocycles. The van der Waals surface area contributed by atoms with E-state index in [9.17, 15) is 0 Å². The predicted octanol–water partition coefficient (Wildman–Crippen LogP) is 3.38. The van der Waals surface area contributed by atoms with Gasteiger partial charge in [-0.15, -0.1) is 0 Å². The number of hydrogen-bond acceptors (Lipinski definition) is 1. The van der Waals surface area contributed by atoms with Crippen LogP contribution < -0.4 is 4.74 Å². The van der Waals surface area contributed by atoms with Crippen LogP contribution in [-0.4, -0.2) is 0 Å². The summed E-state index contributed by atoms with van der Waals surface area (Å²) in [6.07, 6.45) is -0.453. The highest BCUT2D eigenvalue weighted by atomic mass is 16.5. The van der Waals surface area contributed by atoms with Gasteiger partial charge in [0.15, 0.2) is 0 Å². The Labute approximate surface area is 85.8 Å². The van der Waals surface area contributed by atoms with E-state index in [2.05, 4.69) is 0 Å². The lowest BCUT2D eigenvalue weighted by Crippen LogP contribution is -2.01. The van der Waals surface area contributed by atoms with Crippen LogP contribution >= 0.6 is 0 Å². The standard InChI is InChI=1S/C13H10O/c1-3-7-12-10(5-1)9-11-6-2-4-8-13(11)14-12/h1-8H,9H2/i1D,9D. The molecule has 1 heteroatoms. The van der Waals surface area contributed by atoms with Crippen LogP contribution in [-0.2, 0) is 6.40 Å². The van der Waals surface area contributed by atoms with Gasteiger partial charge >= 0.3 is 0 Å². The maximum absolute atomic E-state index is 8.17. The third-order valence-electron chi connectivity index (χ3n) is 2.30. The van der Waals surface area contributed by atoms with Gasteiger partial charge < -0.3 is 4.74 Å². The van der Waals surface area contributed by atoms with Crippen molar-refractivity contribution in [1.82, 2.24) is 0 Å². The van der Waals surface area contributed by atoms with Gasteiger partial charge in [0, 0.05) is 7.77 Å². The van der Waals surface area contributed by atoms with Crippen LogP contribution in [0.4, 0.5) is 0 Å². The van der Waals surface area contributed by atoms with E-state index in [-0.39, 0.29) is 0 Å². The first-order chi connectivity index (χ1) is 7.75. The van der Waals surface area contributed by atoms with Gasteiger partial charge in [-0.25, -0.2) is 0 Å². The lowest BCUT2D eigenvalue weighted by atomic mass is 10.0. The Bertz CT molecular complexity index is 551. The molecule has 1 aliphatic rings. The molecule has 14 heavy (non-hydrogen) atoms. The van der Waals surface area contributed by atoms with Gasteiger partial charge in [-0.2, -0.15) is 0 Å². The number of para-hydroxylation sites is 2. The summed E-state index contributed by atoms with van der Waals surface area (Å²) >= 11 is 0. The molecule has 1 nitrogen and oxygen atoms in total. The molecule has 2 aromatic carbocycles. The Morgan fingerprint density at radius 3 is 2.64 bits per heavy atom. The van der Waals surface area contributed by atoms with Crippen molar-refractivity contribution >= 4 is 0 Å². The van der Waals surface area contributed by atoms with Crippen molar-refractivity contribution in [3.05, 3.63) is 59.6 Å². The molecule has 0 bridgehead atoms. The zero-order chi connectivity index (χ0) is 11.1. The molecule has 0 aliphatic carbocycles. The van der Waals surface area contributed by atoms with E-state index in [1.54, 1.807) is 18.2 Å². The van der Waals surface area contributed by atoms with Gasteiger partial charge in [0.1, 0.15) is 11.5 Å². The number of hydrogen-bond donors (Lipinski definition) is 0. The molecule has 0 fully saturated rings. The smallest absolute Gasteiger partial charge is 0.130 e. The van der Waals surface area contributed by atoms with Gasteiger partial charge in [-0.1, -0.05) is 36.4 Å². The largest absolute Gasteiger partial charge is 0.457 e. The molecule has 68 valence electrons. The minimum Gasteiger partial charge on any atom is -0.457 e. The molecule has 0 spiro atoms. The third-order valence-corrected chi connectivity index (χ3v) is 2.30. The Morgan fingerprint density at radius 1 is 1.00 bits per heavy atom. The molecule has 1 unspecified atom stereocenters. The second kappa shape index (κ2) is 2.88. The molecule has 1 aliphatic heterocycles. The van der Waals surface area contributed by atoms with Crippen LogP contribution in [0.25, 0.3) is 0 Å². The fraction of sp³-hybridized carbons (Fsp3) is 0.0769. The normalized spacial score (nSPS) is 19.9. The molecule has 0 saturated heterocycles. The van der Waals surface area contributed by atoms with Crippen molar-refractivity contribution < 1.29 is 7.48 Å². The first kappa shape index (κ1) is 5.86. The molecule has 3 rings (SSSR count). The summed E-state index contributed by atoms with van der Waals surface area (Å²) in [5, 5.41) is 0. The van der Waals surface area contributed by atoms with Crippen molar-refractivity contribution in [2.45, 2.75) is 6.40 Å². The molecular weight excluding hydrogens is 172 g/mol. The summed E-state index contributed by atoms with van der Waals surface area (Å²) in [5.41, 5.74) is 1.63. The van der Waals surface area contributed by atoms with Crippen molar-refractivity contribution in [3.63, 3.8) is 0 Å². The maximum Gasteiger partial charge on any atom is 0.130 e. The van der Waals surface area contributed by atoms with E-state index >= 15 is 0 Å². The minimum absolute atomic E-state index is 0.416. The average molecular weight is 184 g/mol. The van der Waals surface area contributed by atoms with Crippen LogP contribution in [0.3, 0.4) is 0 Å². The van der Waals surface area contributed by atoms with Crippen LogP contribution in [0.1, 0.15) is 13.9 Å². The van der Waals surface area contributed by atoms with E-state index in [0.29, 0.717) is 11.8 Å². The van der Waals surface area contributed by atoms with E-state index in [1.165, 1.54) is 0 Å². The topological polar surface area (TPSA) is 9.23 Å². The zero-order valence-corrected chi connectivity index (χ0v) is 7.53. The zero-order valence-electron chi connectivity index (χ0n) is 9.53.